The molecule has 146 valence electrons. The molecule has 0 spiro atoms. The van der Waals surface area contributed by atoms with Crippen molar-refractivity contribution in [1.29, 1.82) is 0 Å². The maximum atomic E-state index is 5.05. The summed E-state index contributed by atoms with van der Waals surface area (Å²) in [6.07, 6.45) is 14.7. The normalized spacial score (nSPS) is 14.0. The van der Waals surface area contributed by atoms with E-state index in [-0.39, 0.29) is 0 Å². The van der Waals surface area contributed by atoms with E-state index in [1.807, 2.05) is 0 Å². The Morgan fingerprint density at radius 3 is 1.89 bits per heavy atom. The first kappa shape index (κ1) is 20.3. The molecule has 0 bridgehead atoms. The zero-order chi connectivity index (χ0) is 20.0. The molecule has 0 atom stereocenters. The summed E-state index contributed by atoms with van der Waals surface area (Å²) in [5.74, 6) is 0. The van der Waals surface area contributed by atoms with Crippen LogP contribution in [0.1, 0.15) is 21.3 Å². The van der Waals surface area contributed by atoms with Gasteiger partial charge in [0, 0.05) is 15.5 Å². The standard InChI is InChI=1S/C24H33NS2/c1-17-14-18(2)16-19(15-17)22-13-12-20-21(10-9-11-23(20)25-22)24(26(3,4)5)27(6,7)8/h9-16,24H,1-8H3. The van der Waals surface area contributed by atoms with Crippen LogP contribution in [0.25, 0.3) is 22.2 Å². The van der Waals surface area contributed by atoms with Crippen LogP contribution in [-0.2, 0) is 0 Å². The van der Waals surface area contributed by atoms with Gasteiger partial charge in [-0.2, -0.15) is 0 Å². The maximum absolute atomic E-state index is 5.05. The molecule has 0 unspecified atom stereocenters. The minimum Gasteiger partial charge on any atom is -0.248 e. The zero-order valence-corrected chi connectivity index (χ0v) is 19.6. The number of hydrogen-bond acceptors (Lipinski definition) is 1. The SMILES string of the molecule is Cc1cc(C)cc(-c2ccc3c(C(S(C)(C)C)S(C)(C)C)cccc3n2)c1. The second-order valence-corrected chi connectivity index (χ2v) is 18.2. The van der Waals surface area contributed by atoms with Gasteiger partial charge in [-0.1, -0.05) is 35.4 Å². The van der Waals surface area contributed by atoms with E-state index >= 15 is 0 Å². The monoisotopic (exact) mass is 399 g/mol. The summed E-state index contributed by atoms with van der Waals surface area (Å²) < 4.78 is 0.613. The Morgan fingerprint density at radius 2 is 1.33 bits per heavy atom. The van der Waals surface area contributed by atoms with E-state index < -0.39 is 20.1 Å². The molecule has 0 aliphatic heterocycles. The number of benzene rings is 2. The van der Waals surface area contributed by atoms with Crippen LogP contribution in [0.15, 0.2) is 48.5 Å². The number of aromatic nitrogens is 1. The van der Waals surface area contributed by atoms with Gasteiger partial charge in [-0.15, -0.1) is 0 Å². The van der Waals surface area contributed by atoms with Gasteiger partial charge in [0.25, 0.3) is 0 Å². The van der Waals surface area contributed by atoms with Crippen LogP contribution in [0.4, 0.5) is 0 Å². The van der Waals surface area contributed by atoms with Crippen molar-refractivity contribution < 1.29 is 0 Å². The van der Waals surface area contributed by atoms with E-state index in [0.717, 1.165) is 11.2 Å². The Hall–Kier alpha value is -1.45. The Bertz CT molecular complexity index is 944. The largest absolute Gasteiger partial charge is 0.248 e. The molecule has 1 heterocycles. The van der Waals surface area contributed by atoms with E-state index in [1.165, 1.54) is 27.6 Å². The molecule has 3 heteroatoms. The lowest BCUT2D eigenvalue weighted by molar-refractivity contribution is 1.32. The Labute approximate surface area is 168 Å². The van der Waals surface area contributed by atoms with Gasteiger partial charge in [0.15, 0.2) is 0 Å². The fourth-order valence-corrected chi connectivity index (χ4v) is 13.2. The predicted octanol–water partition coefficient (Wildman–Crippen LogP) is 6.91. The van der Waals surface area contributed by atoms with Crippen LogP contribution >= 0.6 is 20.1 Å². The molecule has 0 fully saturated rings. The molecule has 0 N–H and O–H groups in total. The molecule has 3 rings (SSSR count). The van der Waals surface area contributed by atoms with Crippen LogP contribution in [0.2, 0.25) is 0 Å². The summed E-state index contributed by atoms with van der Waals surface area (Å²) in [6, 6.07) is 17.9. The summed E-state index contributed by atoms with van der Waals surface area (Å²) in [5.41, 5.74) is 7.44. The van der Waals surface area contributed by atoms with Crippen LogP contribution in [0.3, 0.4) is 0 Å². The lowest BCUT2D eigenvalue weighted by Crippen LogP contribution is -2.14. The predicted molar refractivity (Wildman–Crippen MR) is 130 cm³/mol. The van der Waals surface area contributed by atoms with Crippen molar-refractivity contribution in [1.82, 2.24) is 4.98 Å². The molecule has 0 saturated heterocycles. The van der Waals surface area contributed by atoms with E-state index in [2.05, 4.69) is 99.9 Å². The minimum atomic E-state index is -0.731. The summed E-state index contributed by atoms with van der Waals surface area (Å²) >= 11 is 0. The van der Waals surface area contributed by atoms with Crippen molar-refractivity contribution in [2.75, 3.05) is 37.5 Å². The molecule has 3 aromatic rings. The molecule has 0 saturated carbocycles. The Balaban J connectivity index is 2.19. The number of aryl methyl sites for hydroxylation is 2. The summed E-state index contributed by atoms with van der Waals surface area (Å²) in [7, 11) is -1.46. The van der Waals surface area contributed by atoms with Gasteiger partial charge >= 0.3 is 0 Å². The van der Waals surface area contributed by atoms with Gasteiger partial charge in [0.2, 0.25) is 0 Å². The van der Waals surface area contributed by atoms with Gasteiger partial charge in [-0.05, 0) is 81.2 Å². The molecule has 2 aromatic carbocycles. The average molecular weight is 400 g/mol. The van der Waals surface area contributed by atoms with E-state index in [4.69, 9.17) is 4.98 Å². The second-order valence-electron chi connectivity index (χ2n) is 9.18. The number of hydrogen-bond donors (Lipinski definition) is 0. The zero-order valence-electron chi connectivity index (χ0n) is 18.0. The number of rotatable bonds is 4. The van der Waals surface area contributed by atoms with E-state index in [1.54, 1.807) is 0 Å². The molecule has 27 heavy (non-hydrogen) atoms. The summed E-state index contributed by atoms with van der Waals surface area (Å²) in [5, 5.41) is 1.32. The maximum Gasteiger partial charge on any atom is 0.0712 e. The van der Waals surface area contributed by atoms with E-state index in [0.29, 0.717) is 4.58 Å². The fourth-order valence-electron chi connectivity index (χ4n) is 4.30. The third-order valence-corrected chi connectivity index (χ3v) is 11.4. The average Bonchev–Trinajstić information content (AvgIpc) is 2.51. The van der Waals surface area contributed by atoms with Gasteiger partial charge < -0.3 is 0 Å². The first-order chi connectivity index (χ1) is 12.5. The third-order valence-electron chi connectivity index (χ3n) is 4.82. The second kappa shape index (κ2) is 7.18. The lowest BCUT2D eigenvalue weighted by Gasteiger charge is -2.48. The van der Waals surface area contributed by atoms with Crippen LogP contribution < -0.4 is 0 Å². The topological polar surface area (TPSA) is 12.9 Å². The van der Waals surface area contributed by atoms with Crippen molar-refractivity contribution in [3.8, 4) is 11.3 Å². The minimum absolute atomic E-state index is 0.613. The number of nitrogens with zero attached hydrogens (tertiary/aromatic N) is 1. The van der Waals surface area contributed by atoms with Crippen molar-refractivity contribution >= 4 is 31.0 Å². The molecule has 0 aliphatic rings. The number of pyridine rings is 1. The highest BCUT2D eigenvalue weighted by Crippen LogP contribution is 2.69. The van der Waals surface area contributed by atoms with Crippen LogP contribution in [0, 0.1) is 13.8 Å². The highest BCUT2D eigenvalue weighted by molar-refractivity contribution is 8.47. The highest BCUT2D eigenvalue weighted by atomic mass is 32.3. The van der Waals surface area contributed by atoms with Gasteiger partial charge in [0.1, 0.15) is 0 Å². The van der Waals surface area contributed by atoms with Crippen molar-refractivity contribution in [3.05, 3.63) is 65.2 Å². The summed E-state index contributed by atoms with van der Waals surface area (Å²) in [4.78, 5) is 5.05. The molecule has 1 aromatic heterocycles. The molecule has 0 radical (unpaired) electrons. The highest BCUT2D eigenvalue weighted by Gasteiger charge is 2.31. The van der Waals surface area contributed by atoms with Crippen molar-refractivity contribution in [2.45, 2.75) is 18.4 Å². The fraction of sp³-hybridized carbons (Fsp3) is 0.375. The van der Waals surface area contributed by atoms with Gasteiger partial charge in [0.05, 0.1) is 11.2 Å². The first-order valence-electron chi connectivity index (χ1n) is 9.29. The van der Waals surface area contributed by atoms with Gasteiger partial charge in [-0.3, -0.25) is 0 Å². The number of fused-ring (bicyclic) bond motifs is 1. The van der Waals surface area contributed by atoms with E-state index in [9.17, 15) is 0 Å². The van der Waals surface area contributed by atoms with Crippen LogP contribution in [0.5, 0.6) is 0 Å². The lowest BCUT2D eigenvalue weighted by atomic mass is 10.0. The smallest absolute Gasteiger partial charge is 0.0712 e. The Morgan fingerprint density at radius 1 is 0.741 bits per heavy atom. The molecular weight excluding hydrogens is 366 g/mol. The van der Waals surface area contributed by atoms with Crippen molar-refractivity contribution in [2.24, 2.45) is 0 Å². The van der Waals surface area contributed by atoms with Gasteiger partial charge in [-0.25, -0.2) is 25.0 Å². The quantitative estimate of drug-likeness (QED) is 0.465. The molecule has 0 amide bonds. The summed E-state index contributed by atoms with van der Waals surface area (Å²) in [6.45, 7) is 4.30. The Kier molecular flexibility index (Phi) is 5.39. The molecule has 1 nitrogen and oxygen atoms in total. The molecular formula is C24H33NS2. The van der Waals surface area contributed by atoms with Crippen LogP contribution in [-0.4, -0.2) is 42.5 Å². The first-order valence-corrected chi connectivity index (χ1v) is 15.1. The van der Waals surface area contributed by atoms with Crippen molar-refractivity contribution in [3.63, 3.8) is 0 Å². The molecule has 0 aliphatic carbocycles. The third kappa shape index (κ3) is 4.35.